The zero-order valence-corrected chi connectivity index (χ0v) is 13.0. The van der Waals surface area contributed by atoms with Crippen LogP contribution in [0.2, 0.25) is 0 Å². The van der Waals surface area contributed by atoms with E-state index in [0.717, 1.165) is 16.8 Å². The van der Waals surface area contributed by atoms with Crippen molar-refractivity contribution < 1.29 is 9.13 Å². The van der Waals surface area contributed by atoms with Gasteiger partial charge in [0.05, 0.1) is 10.9 Å². The van der Waals surface area contributed by atoms with Gasteiger partial charge in [-0.25, -0.2) is 4.39 Å². The van der Waals surface area contributed by atoms with Crippen molar-refractivity contribution in [2.45, 2.75) is 13.0 Å². The van der Waals surface area contributed by atoms with Crippen molar-refractivity contribution in [2.75, 3.05) is 13.7 Å². The molecule has 1 aromatic heterocycles. The molecular weight excluding hydrogens is 329 g/mol. The van der Waals surface area contributed by atoms with Crippen molar-refractivity contribution in [3.63, 3.8) is 0 Å². The maximum absolute atomic E-state index is 13.7. The first-order chi connectivity index (χ1) is 9.19. The summed E-state index contributed by atoms with van der Waals surface area (Å²) >= 11 is 5.17. The number of ether oxygens (including phenoxy) is 1. The molecule has 0 bridgehead atoms. The van der Waals surface area contributed by atoms with E-state index in [-0.39, 0.29) is 5.82 Å². The van der Waals surface area contributed by atoms with Crippen molar-refractivity contribution >= 4 is 27.3 Å². The van der Waals surface area contributed by atoms with E-state index < -0.39 is 0 Å². The summed E-state index contributed by atoms with van der Waals surface area (Å²) in [5, 5.41) is 3.25. The quantitative estimate of drug-likeness (QED) is 0.800. The molecule has 19 heavy (non-hydrogen) atoms. The Labute approximate surface area is 124 Å². The highest BCUT2D eigenvalue weighted by Gasteiger charge is 2.04. The van der Waals surface area contributed by atoms with Gasteiger partial charge in [-0.3, -0.25) is 0 Å². The number of methoxy groups -OCH3 is 1. The fourth-order valence-corrected chi connectivity index (χ4v) is 3.20. The highest BCUT2D eigenvalue weighted by molar-refractivity contribution is 9.11. The number of halogens is 2. The monoisotopic (exact) mass is 343 g/mol. The molecule has 0 amide bonds. The van der Waals surface area contributed by atoms with Gasteiger partial charge in [-0.1, -0.05) is 6.07 Å². The van der Waals surface area contributed by atoms with Crippen molar-refractivity contribution in [1.29, 1.82) is 0 Å². The number of thiophene rings is 1. The Morgan fingerprint density at radius 2 is 2.16 bits per heavy atom. The maximum Gasteiger partial charge on any atom is 0.131 e. The Hall–Kier alpha value is -0.910. The number of hydrogen-bond acceptors (Lipinski definition) is 3. The minimum atomic E-state index is -0.231. The van der Waals surface area contributed by atoms with Crippen LogP contribution in [0, 0.1) is 5.82 Å². The van der Waals surface area contributed by atoms with E-state index in [4.69, 9.17) is 4.74 Å². The lowest BCUT2D eigenvalue weighted by Crippen LogP contribution is -2.17. The third kappa shape index (κ3) is 4.30. The molecule has 0 aliphatic heterocycles. The second kappa shape index (κ2) is 7.03. The maximum atomic E-state index is 13.7. The Morgan fingerprint density at radius 3 is 2.79 bits per heavy atom. The molecular formula is C14H15BrFNOS. The first kappa shape index (κ1) is 14.5. The van der Waals surface area contributed by atoms with Crippen LogP contribution in [0.25, 0.3) is 0 Å². The second-order valence-electron chi connectivity index (χ2n) is 4.09. The van der Waals surface area contributed by atoms with Crippen LogP contribution in [-0.2, 0) is 13.0 Å². The predicted molar refractivity (Wildman–Crippen MR) is 80.4 cm³/mol. The van der Waals surface area contributed by atoms with Gasteiger partial charge in [0.1, 0.15) is 11.6 Å². The van der Waals surface area contributed by atoms with Gasteiger partial charge in [0, 0.05) is 29.6 Å². The molecule has 0 spiro atoms. The fraction of sp³-hybridized carbons (Fsp3) is 0.286. The van der Waals surface area contributed by atoms with Gasteiger partial charge in [0.2, 0.25) is 0 Å². The van der Waals surface area contributed by atoms with Crippen molar-refractivity contribution in [3.8, 4) is 5.75 Å². The van der Waals surface area contributed by atoms with Gasteiger partial charge < -0.3 is 10.1 Å². The minimum Gasteiger partial charge on any atom is -0.497 e. The summed E-state index contributed by atoms with van der Waals surface area (Å²) in [7, 11) is 1.53. The average Bonchev–Trinajstić information content (AvgIpc) is 2.82. The van der Waals surface area contributed by atoms with Crippen LogP contribution in [0.4, 0.5) is 4.39 Å². The zero-order chi connectivity index (χ0) is 13.7. The second-order valence-corrected chi connectivity index (χ2v) is 6.64. The lowest BCUT2D eigenvalue weighted by atomic mass is 10.2. The van der Waals surface area contributed by atoms with Gasteiger partial charge in [-0.15, -0.1) is 11.3 Å². The molecule has 0 saturated heterocycles. The smallest absolute Gasteiger partial charge is 0.131 e. The van der Waals surface area contributed by atoms with Gasteiger partial charge in [-0.2, -0.15) is 0 Å². The van der Waals surface area contributed by atoms with E-state index in [2.05, 4.69) is 27.3 Å². The van der Waals surface area contributed by atoms with Gasteiger partial charge in [0.25, 0.3) is 0 Å². The van der Waals surface area contributed by atoms with Crippen molar-refractivity contribution in [1.82, 2.24) is 5.32 Å². The van der Waals surface area contributed by atoms with Crippen LogP contribution in [0.3, 0.4) is 0 Å². The molecule has 0 aliphatic rings. The Morgan fingerprint density at radius 1 is 1.32 bits per heavy atom. The minimum absolute atomic E-state index is 0.231. The van der Waals surface area contributed by atoms with Crippen LogP contribution in [0.15, 0.2) is 34.1 Å². The summed E-state index contributed by atoms with van der Waals surface area (Å²) in [6, 6.07) is 9.08. The number of rotatable bonds is 6. The predicted octanol–water partition coefficient (Wildman–Crippen LogP) is 3.99. The van der Waals surface area contributed by atoms with E-state index in [9.17, 15) is 4.39 Å². The molecule has 5 heteroatoms. The Bertz CT molecular complexity index is 544. The average molecular weight is 344 g/mol. The summed E-state index contributed by atoms with van der Waals surface area (Å²) in [4.78, 5) is 1.31. The molecule has 2 nitrogen and oxygen atoms in total. The number of benzene rings is 1. The molecule has 0 fully saturated rings. The first-order valence-corrected chi connectivity index (χ1v) is 7.57. The van der Waals surface area contributed by atoms with E-state index in [1.54, 1.807) is 23.5 Å². The lowest BCUT2D eigenvalue weighted by molar-refractivity contribution is 0.410. The topological polar surface area (TPSA) is 21.3 Å². The van der Waals surface area contributed by atoms with Crippen LogP contribution in [0.1, 0.15) is 10.4 Å². The third-order valence-electron chi connectivity index (χ3n) is 2.75. The highest BCUT2D eigenvalue weighted by Crippen LogP contribution is 2.22. The van der Waals surface area contributed by atoms with Gasteiger partial charge in [0.15, 0.2) is 0 Å². The van der Waals surface area contributed by atoms with Crippen molar-refractivity contribution in [3.05, 3.63) is 50.4 Å². The molecule has 0 radical (unpaired) electrons. The molecule has 1 aromatic carbocycles. The van der Waals surface area contributed by atoms with E-state index >= 15 is 0 Å². The first-order valence-electron chi connectivity index (χ1n) is 5.96. The normalized spacial score (nSPS) is 10.7. The molecule has 2 aromatic rings. The zero-order valence-electron chi connectivity index (χ0n) is 10.6. The van der Waals surface area contributed by atoms with E-state index in [0.29, 0.717) is 17.9 Å². The Kier molecular flexibility index (Phi) is 5.36. The number of nitrogens with one attached hydrogen (secondary N) is 1. The van der Waals surface area contributed by atoms with Crippen LogP contribution < -0.4 is 10.1 Å². The molecule has 0 saturated carbocycles. The molecule has 0 aliphatic carbocycles. The molecule has 1 N–H and O–H groups in total. The highest BCUT2D eigenvalue weighted by atomic mass is 79.9. The molecule has 0 unspecified atom stereocenters. The molecule has 2 rings (SSSR count). The third-order valence-corrected chi connectivity index (χ3v) is 4.44. The van der Waals surface area contributed by atoms with Gasteiger partial charge in [-0.05, 0) is 40.5 Å². The van der Waals surface area contributed by atoms with Gasteiger partial charge >= 0.3 is 0 Å². The number of hydrogen-bond donors (Lipinski definition) is 1. The lowest BCUT2D eigenvalue weighted by Gasteiger charge is -2.07. The van der Waals surface area contributed by atoms with E-state index in [1.165, 1.54) is 18.1 Å². The summed E-state index contributed by atoms with van der Waals surface area (Å²) in [6.45, 7) is 1.36. The van der Waals surface area contributed by atoms with E-state index in [1.807, 2.05) is 6.07 Å². The fourth-order valence-electron chi connectivity index (χ4n) is 1.72. The summed E-state index contributed by atoms with van der Waals surface area (Å²) in [5.41, 5.74) is 0.660. The largest absolute Gasteiger partial charge is 0.497 e. The van der Waals surface area contributed by atoms with Crippen molar-refractivity contribution in [2.24, 2.45) is 0 Å². The standard InChI is InChI=1S/C14H15BrFNOS/c1-18-11-3-2-10(13(16)8-11)9-17-7-6-12-4-5-14(15)19-12/h2-5,8,17H,6-7,9H2,1H3. The molecule has 1 heterocycles. The van der Waals surface area contributed by atoms with Crippen LogP contribution in [0.5, 0.6) is 5.75 Å². The molecule has 0 atom stereocenters. The summed E-state index contributed by atoms with van der Waals surface area (Å²) in [5.74, 6) is 0.315. The Balaban J connectivity index is 1.79. The summed E-state index contributed by atoms with van der Waals surface area (Å²) in [6.07, 6.45) is 0.952. The summed E-state index contributed by atoms with van der Waals surface area (Å²) < 4.78 is 19.8. The SMILES string of the molecule is COc1ccc(CNCCc2ccc(Br)s2)c(F)c1. The van der Waals surface area contributed by atoms with Crippen LogP contribution in [-0.4, -0.2) is 13.7 Å². The van der Waals surface area contributed by atoms with Crippen LogP contribution >= 0.6 is 27.3 Å². The molecule has 102 valence electrons.